The number of rotatable bonds is 3. The number of nitrogens with zero attached hydrogens (tertiary/aromatic N) is 1. The van der Waals surface area contributed by atoms with Crippen LogP contribution in [0.2, 0.25) is 10.0 Å². The number of benzene rings is 1. The third-order valence-electron chi connectivity index (χ3n) is 3.85. The number of hydrogen-bond acceptors (Lipinski definition) is 3. The molecule has 2 rings (SSSR count). The lowest BCUT2D eigenvalue weighted by Gasteiger charge is -2.25. The van der Waals surface area contributed by atoms with Crippen molar-refractivity contribution in [2.45, 2.75) is 45.3 Å². The van der Waals surface area contributed by atoms with E-state index in [0.717, 1.165) is 12.0 Å². The Kier molecular flexibility index (Phi) is 5.82. The highest BCUT2D eigenvalue weighted by Gasteiger charge is 2.33. The van der Waals surface area contributed by atoms with Gasteiger partial charge in [-0.25, -0.2) is 4.79 Å². The van der Waals surface area contributed by atoms with E-state index in [1.165, 1.54) is 0 Å². The Bertz CT molecular complexity index is 571. The van der Waals surface area contributed by atoms with E-state index in [9.17, 15) is 9.90 Å². The summed E-state index contributed by atoms with van der Waals surface area (Å²) in [5.74, 6) is 0.0389. The molecule has 0 spiro atoms. The average molecular weight is 360 g/mol. The molecule has 0 bridgehead atoms. The first-order valence-corrected chi connectivity index (χ1v) is 8.51. The highest BCUT2D eigenvalue weighted by Crippen LogP contribution is 2.27. The lowest BCUT2D eigenvalue weighted by molar-refractivity contribution is 0.0269. The molecule has 1 aromatic rings. The predicted molar refractivity (Wildman–Crippen MR) is 92.1 cm³/mol. The molecule has 4 nitrogen and oxygen atoms in total. The van der Waals surface area contributed by atoms with Gasteiger partial charge in [0.25, 0.3) is 0 Å². The molecule has 1 amide bonds. The number of carbonyl (C=O) groups is 1. The van der Waals surface area contributed by atoms with Gasteiger partial charge in [-0.2, -0.15) is 0 Å². The van der Waals surface area contributed by atoms with Crippen molar-refractivity contribution in [3.05, 3.63) is 33.8 Å². The van der Waals surface area contributed by atoms with Crippen LogP contribution in [-0.4, -0.2) is 40.9 Å². The highest BCUT2D eigenvalue weighted by molar-refractivity contribution is 6.42. The summed E-state index contributed by atoms with van der Waals surface area (Å²) in [5, 5.41) is 11.4. The van der Waals surface area contributed by atoms with Crippen LogP contribution in [0.15, 0.2) is 18.2 Å². The molecule has 6 heteroatoms. The summed E-state index contributed by atoms with van der Waals surface area (Å²) >= 11 is 11.9. The summed E-state index contributed by atoms with van der Waals surface area (Å²) in [5.41, 5.74) is 0.427. The largest absolute Gasteiger partial charge is 0.444 e. The van der Waals surface area contributed by atoms with Gasteiger partial charge in [0.05, 0.1) is 16.1 Å². The van der Waals surface area contributed by atoms with Crippen LogP contribution in [0.25, 0.3) is 0 Å². The topological polar surface area (TPSA) is 49.8 Å². The molecule has 1 aliphatic heterocycles. The van der Waals surface area contributed by atoms with Crippen LogP contribution in [0.5, 0.6) is 0 Å². The average Bonchev–Trinajstić information content (AvgIpc) is 2.91. The molecule has 1 N–H and O–H groups in total. The van der Waals surface area contributed by atoms with Gasteiger partial charge in [-0.3, -0.25) is 0 Å². The van der Waals surface area contributed by atoms with Crippen molar-refractivity contribution in [1.82, 2.24) is 4.90 Å². The minimum atomic E-state index is -0.528. The van der Waals surface area contributed by atoms with Gasteiger partial charge in [-0.1, -0.05) is 29.3 Å². The molecular formula is C17H23Cl2NO3. The Morgan fingerprint density at radius 2 is 2.09 bits per heavy atom. The van der Waals surface area contributed by atoms with Gasteiger partial charge in [0.2, 0.25) is 0 Å². The number of hydrogen-bond donors (Lipinski definition) is 1. The van der Waals surface area contributed by atoms with E-state index in [2.05, 4.69) is 0 Å². The van der Waals surface area contributed by atoms with Crippen molar-refractivity contribution >= 4 is 29.3 Å². The molecule has 0 aliphatic carbocycles. The Labute approximate surface area is 147 Å². The van der Waals surface area contributed by atoms with E-state index >= 15 is 0 Å². The quantitative estimate of drug-likeness (QED) is 0.881. The van der Waals surface area contributed by atoms with Gasteiger partial charge in [0.1, 0.15) is 5.60 Å². The molecule has 1 aromatic carbocycles. The zero-order valence-electron chi connectivity index (χ0n) is 13.7. The second-order valence-corrected chi connectivity index (χ2v) is 7.81. The SMILES string of the molecule is CC(C)(C)OC(=O)N1CCC(C(O)Cc2ccc(Cl)c(Cl)c2)C1. The van der Waals surface area contributed by atoms with Crippen molar-refractivity contribution in [2.75, 3.05) is 13.1 Å². The van der Waals surface area contributed by atoms with E-state index < -0.39 is 11.7 Å². The van der Waals surface area contributed by atoms with Crippen LogP contribution in [0.3, 0.4) is 0 Å². The second-order valence-electron chi connectivity index (χ2n) is 7.00. The number of likely N-dealkylation sites (tertiary alicyclic amines) is 1. The van der Waals surface area contributed by atoms with Crippen LogP contribution in [0.1, 0.15) is 32.8 Å². The Morgan fingerprint density at radius 3 is 2.70 bits per heavy atom. The number of halogens is 2. The standard InChI is InChI=1S/C17H23Cl2NO3/c1-17(2,3)23-16(22)20-7-6-12(10-20)15(21)9-11-4-5-13(18)14(19)8-11/h4-5,8,12,15,21H,6-7,9-10H2,1-3H3. The Balaban J connectivity index is 1.90. The molecule has 1 aliphatic rings. The summed E-state index contributed by atoms with van der Waals surface area (Å²) in [6.45, 7) is 6.65. The summed E-state index contributed by atoms with van der Waals surface area (Å²) in [4.78, 5) is 13.7. The molecular weight excluding hydrogens is 337 g/mol. The van der Waals surface area contributed by atoms with E-state index in [0.29, 0.717) is 29.6 Å². The van der Waals surface area contributed by atoms with Crippen molar-refractivity contribution < 1.29 is 14.6 Å². The maximum atomic E-state index is 12.1. The van der Waals surface area contributed by atoms with Gasteiger partial charge in [-0.15, -0.1) is 0 Å². The van der Waals surface area contributed by atoms with Crippen LogP contribution in [0, 0.1) is 5.92 Å². The molecule has 0 radical (unpaired) electrons. The van der Waals surface area contributed by atoms with Gasteiger partial charge < -0.3 is 14.7 Å². The summed E-state index contributed by atoms with van der Waals surface area (Å²) in [6.07, 6.45) is 0.409. The van der Waals surface area contributed by atoms with Gasteiger partial charge in [0, 0.05) is 19.0 Å². The van der Waals surface area contributed by atoms with Crippen LogP contribution >= 0.6 is 23.2 Å². The van der Waals surface area contributed by atoms with Crippen LogP contribution in [-0.2, 0) is 11.2 Å². The Morgan fingerprint density at radius 1 is 1.39 bits per heavy atom. The van der Waals surface area contributed by atoms with Crippen molar-refractivity contribution in [1.29, 1.82) is 0 Å². The number of aliphatic hydroxyl groups is 1. The van der Waals surface area contributed by atoms with Crippen molar-refractivity contribution in [3.8, 4) is 0 Å². The number of aliphatic hydroxyl groups excluding tert-OH is 1. The van der Waals surface area contributed by atoms with E-state index in [-0.39, 0.29) is 12.0 Å². The molecule has 2 atom stereocenters. The van der Waals surface area contributed by atoms with Crippen LogP contribution in [0.4, 0.5) is 4.79 Å². The summed E-state index contributed by atoms with van der Waals surface area (Å²) < 4.78 is 5.37. The molecule has 2 unspecified atom stereocenters. The van der Waals surface area contributed by atoms with Crippen molar-refractivity contribution in [3.63, 3.8) is 0 Å². The van der Waals surface area contributed by atoms with Crippen LogP contribution < -0.4 is 0 Å². The number of ether oxygens (including phenoxy) is 1. The maximum absolute atomic E-state index is 12.1. The van der Waals surface area contributed by atoms with E-state index in [4.69, 9.17) is 27.9 Å². The minimum absolute atomic E-state index is 0.0389. The maximum Gasteiger partial charge on any atom is 0.410 e. The Hall–Kier alpha value is -0.970. The fourth-order valence-electron chi connectivity index (χ4n) is 2.67. The third-order valence-corrected chi connectivity index (χ3v) is 4.59. The molecule has 1 heterocycles. The lowest BCUT2D eigenvalue weighted by atomic mass is 9.95. The van der Waals surface area contributed by atoms with E-state index in [1.807, 2.05) is 26.8 Å². The monoisotopic (exact) mass is 359 g/mol. The third kappa shape index (κ3) is 5.27. The first kappa shape index (κ1) is 18.4. The molecule has 0 saturated carbocycles. The molecule has 1 fully saturated rings. The smallest absolute Gasteiger partial charge is 0.410 e. The minimum Gasteiger partial charge on any atom is -0.444 e. The lowest BCUT2D eigenvalue weighted by Crippen LogP contribution is -2.36. The predicted octanol–water partition coefficient (Wildman–Crippen LogP) is 4.15. The fourth-order valence-corrected chi connectivity index (χ4v) is 2.99. The molecule has 0 aromatic heterocycles. The fraction of sp³-hybridized carbons (Fsp3) is 0.588. The highest BCUT2D eigenvalue weighted by atomic mass is 35.5. The van der Waals surface area contributed by atoms with Gasteiger partial charge in [0.15, 0.2) is 0 Å². The number of carbonyl (C=O) groups excluding carboxylic acids is 1. The van der Waals surface area contributed by atoms with E-state index in [1.54, 1.807) is 17.0 Å². The first-order chi connectivity index (χ1) is 10.7. The normalized spacial score (nSPS) is 19.7. The zero-order valence-corrected chi connectivity index (χ0v) is 15.2. The summed E-state index contributed by atoms with van der Waals surface area (Å²) in [6, 6.07) is 5.36. The zero-order chi connectivity index (χ0) is 17.2. The molecule has 23 heavy (non-hydrogen) atoms. The molecule has 1 saturated heterocycles. The van der Waals surface area contributed by atoms with Crippen molar-refractivity contribution in [2.24, 2.45) is 5.92 Å². The number of amides is 1. The second kappa shape index (κ2) is 7.29. The first-order valence-electron chi connectivity index (χ1n) is 7.75. The van der Waals surface area contributed by atoms with Gasteiger partial charge in [-0.05, 0) is 51.3 Å². The van der Waals surface area contributed by atoms with Gasteiger partial charge >= 0.3 is 6.09 Å². The summed E-state index contributed by atoms with van der Waals surface area (Å²) in [7, 11) is 0. The molecule has 128 valence electrons.